The Morgan fingerprint density at radius 2 is 1.87 bits per heavy atom. The first kappa shape index (κ1) is 18.8. The van der Waals surface area contributed by atoms with Gasteiger partial charge < -0.3 is 14.8 Å². The van der Waals surface area contributed by atoms with E-state index in [-0.39, 0.29) is 5.56 Å². The van der Waals surface area contributed by atoms with Crippen LogP contribution in [0.1, 0.15) is 22.7 Å². The minimum Gasteiger partial charge on any atom is -0.497 e. The second-order valence-corrected chi connectivity index (χ2v) is 7.14. The van der Waals surface area contributed by atoms with Gasteiger partial charge in [-0.05, 0) is 35.5 Å². The third-order valence-electron chi connectivity index (χ3n) is 5.32. The molecule has 0 unspecified atom stereocenters. The number of rotatable bonds is 4. The van der Waals surface area contributed by atoms with Gasteiger partial charge in [-0.25, -0.2) is 5.10 Å². The number of tetrazole rings is 1. The number of benzene rings is 2. The van der Waals surface area contributed by atoms with Crippen LogP contribution in [-0.4, -0.2) is 44.6 Å². The van der Waals surface area contributed by atoms with E-state index in [0.717, 1.165) is 16.7 Å². The van der Waals surface area contributed by atoms with Gasteiger partial charge in [0.05, 0.1) is 19.9 Å². The van der Waals surface area contributed by atoms with Crippen LogP contribution in [0, 0.1) is 6.92 Å². The van der Waals surface area contributed by atoms with E-state index in [1.165, 1.54) is 0 Å². The van der Waals surface area contributed by atoms with Gasteiger partial charge in [0.15, 0.2) is 0 Å². The summed E-state index contributed by atoms with van der Waals surface area (Å²) < 4.78 is 12.7. The third kappa shape index (κ3) is 3.00. The highest BCUT2D eigenvalue weighted by molar-refractivity contribution is 5.76. The highest BCUT2D eigenvalue weighted by Gasteiger charge is 2.36. The second kappa shape index (κ2) is 7.24. The molecule has 4 aromatic rings. The standard InChI is InChI=1S/C21H19N7O3/c1-11-4-6-12(7-5-11)17-16-18(20(29)24-23-17)22-21-25-26-27-28(21)19(16)14-10-13(30-2)8-9-15(14)31-3/h4-10,19H,1-3H3,(H,24,29)(H,22,25,27)/t19-/m1/s1. The number of fused-ring (bicyclic) bond motifs is 2. The lowest BCUT2D eigenvalue weighted by Crippen LogP contribution is -2.29. The van der Waals surface area contributed by atoms with Crippen molar-refractivity contribution in [2.24, 2.45) is 0 Å². The van der Waals surface area contributed by atoms with E-state index in [4.69, 9.17) is 9.47 Å². The average Bonchev–Trinajstić information content (AvgIpc) is 3.27. The minimum atomic E-state index is -0.572. The molecule has 3 heterocycles. The fourth-order valence-electron chi connectivity index (χ4n) is 3.81. The van der Waals surface area contributed by atoms with E-state index in [0.29, 0.717) is 34.4 Å². The molecule has 0 aliphatic carbocycles. The van der Waals surface area contributed by atoms with Crippen LogP contribution in [0.25, 0.3) is 11.3 Å². The molecule has 0 amide bonds. The number of methoxy groups -OCH3 is 2. The quantitative estimate of drug-likeness (QED) is 0.458. The normalized spacial score (nSPS) is 14.4. The fourth-order valence-corrected chi connectivity index (χ4v) is 3.81. The molecule has 1 aliphatic heterocycles. The van der Waals surface area contributed by atoms with Gasteiger partial charge in [0.1, 0.15) is 23.2 Å². The number of aromatic amines is 1. The molecule has 5 rings (SSSR count). The highest BCUT2D eigenvalue weighted by atomic mass is 16.5. The first-order valence-electron chi connectivity index (χ1n) is 9.57. The summed E-state index contributed by atoms with van der Waals surface area (Å²) in [5.41, 5.74) is 3.92. The Morgan fingerprint density at radius 1 is 1.06 bits per heavy atom. The van der Waals surface area contributed by atoms with E-state index in [2.05, 4.69) is 31.0 Å². The number of aryl methyl sites for hydroxylation is 1. The minimum absolute atomic E-state index is 0.336. The van der Waals surface area contributed by atoms with Gasteiger partial charge in [-0.1, -0.05) is 34.9 Å². The van der Waals surface area contributed by atoms with E-state index in [1.807, 2.05) is 49.4 Å². The fraction of sp³-hybridized carbons (Fsp3) is 0.190. The Labute approximate surface area is 176 Å². The maximum absolute atomic E-state index is 12.8. The monoisotopic (exact) mass is 417 g/mol. The van der Waals surface area contributed by atoms with Crippen LogP contribution in [0.15, 0.2) is 47.3 Å². The molecule has 2 aromatic heterocycles. The van der Waals surface area contributed by atoms with Gasteiger partial charge in [-0.15, -0.1) is 0 Å². The van der Waals surface area contributed by atoms with Gasteiger partial charge >= 0.3 is 0 Å². The van der Waals surface area contributed by atoms with Crippen LogP contribution in [0.4, 0.5) is 11.6 Å². The number of anilines is 2. The van der Waals surface area contributed by atoms with Gasteiger partial charge in [-0.3, -0.25) is 4.79 Å². The van der Waals surface area contributed by atoms with E-state index in [9.17, 15) is 4.79 Å². The number of aromatic nitrogens is 6. The van der Waals surface area contributed by atoms with Crippen LogP contribution in [0.3, 0.4) is 0 Å². The van der Waals surface area contributed by atoms with E-state index >= 15 is 0 Å². The predicted octanol–water partition coefficient (Wildman–Crippen LogP) is 2.44. The molecule has 10 heteroatoms. The molecular formula is C21H19N7O3. The Morgan fingerprint density at radius 3 is 2.61 bits per heavy atom. The molecule has 10 nitrogen and oxygen atoms in total. The average molecular weight is 417 g/mol. The molecule has 0 bridgehead atoms. The summed E-state index contributed by atoms with van der Waals surface area (Å²) in [6, 6.07) is 12.8. The predicted molar refractivity (Wildman–Crippen MR) is 113 cm³/mol. The molecule has 0 saturated heterocycles. The molecule has 0 spiro atoms. The van der Waals surface area contributed by atoms with Crippen molar-refractivity contribution < 1.29 is 9.47 Å². The molecule has 1 atom stereocenters. The summed E-state index contributed by atoms with van der Waals surface area (Å²) in [7, 11) is 3.18. The molecule has 156 valence electrons. The lowest BCUT2D eigenvalue weighted by molar-refractivity contribution is 0.392. The maximum Gasteiger partial charge on any atom is 0.288 e. The first-order valence-corrected chi connectivity index (χ1v) is 9.57. The molecule has 2 aromatic carbocycles. The topological polar surface area (TPSA) is 120 Å². The second-order valence-electron chi connectivity index (χ2n) is 7.14. The Balaban J connectivity index is 1.84. The van der Waals surface area contributed by atoms with Crippen molar-refractivity contribution in [1.29, 1.82) is 0 Å². The number of nitrogens with one attached hydrogen (secondary N) is 2. The van der Waals surface area contributed by atoms with Crippen molar-refractivity contribution in [2.45, 2.75) is 13.0 Å². The van der Waals surface area contributed by atoms with Crippen molar-refractivity contribution in [3.05, 3.63) is 69.5 Å². The van der Waals surface area contributed by atoms with Gasteiger partial charge in [0.2, 0.25) is 5.95 Å². The summed E-state index contributed by atoms with van der Waals surface area (Å²) in [4.78, 5) is 12.8. The van der Waals surface area contributed by atoms with Crippen LogP contribution in [-0.2, 0) is 0 Å². The van der Waals surface area contributed by atoms with Gasteiger partial charge in [0, 0.05) is 16.7 Å². The van der Waals surface area contributed by atoms with E-state index < -0.39 is 6.04 Å². The summed E-state index contributed by atoms with van der Waals surface area (Å²) in [5.74, 6) is 1.59. The van der Waals surface area contributed by atoms with E-state index in [1.54, 1.807) is 18.9 Å². The summed E-state index contributed by atoms with van der Waals surface area (Å²) >= 11 is 0. The zero-order chi connectivity index (χ0) is 21.5. The Kier molecular flexibility index (Phi) is 4.39. The number of hydrogen-bond acceptors (Lipinski definition) is 8. The molecule has 31 heavy (non-hydrogen) atoms. The van der Waals surface area contributed by atoms with Crippen molar-refractivity contribution in [3.8, 4) is 22.8 Å². The molecule has 0 saturated carbocycles. The van der Waals surface area contributed by atoms with Crippen molar-refractivity contribution >= 4 is 11.6 Å². The number of H-pyrrole nitrogens is 1. The van der Waals surface area contributed by atoms with Crippen LogP contribution in [0.5, 0.6) is 11.5 Å². The smallest absolute Gasteiger partial charge is 0.288 e. The van der Waals surface area contributed by atoms with Crippen LogP contribution in [0.2, 0.25) is 0 Å². The third-order valence-corrected chi connectivity index (χ3v) is 5.32. The Bertz CT molecular complexity index is 1330. The maximum atomic E-state index is 12.8. The summed E-state index contributed by atoms with van der Waals surface area (Å²) in [6.07, 6.45) is 0. The SMILES string of the molecule is COc1ccc(OC)c([C@@H]2c3c(-c4ccc(C)cc4)n[nH]c(=O)c3Nc3nnnn32)c1. The van der Waals surface area contributed by atoms with Gasteiger partial charge in [0.25, 0.3) is 5.56 Å². The largest absolute Gasteiger partial charge is 0.497 e. The molecule has 0 fully saturated rings. The van der Waals surface area contributed by atoms with Crippen molar-refractivity contribution in [3.63, 3.8) is 0 Å². The van der Waals surface area contributed by atoms with Gasteiger partial charge in [-0.2, -0.15) is 9.78 Å². The highest BCUT2D eigenvalue weighted by Crippen LogP contribution is 2.44. The molecular weight excluding hydrogens is 398 g/mol. The lowest BCUT2D eigenvalue weighted by atomic mass is 9.91. The zero-order valence-corrected chi connectivity index (χ0v) is 17.1. The van der Waals surface area contributed by atoms with Crippen molar-refractivity contribution in [1.82, 2.24) is 30.4 Å². The summed E-state index contributed by atoms with van der Waals surface area (Å²) in [5, 5.41) is 22.0. The first-order chi connectivity index (χ1) is 15.1. The number of ether oxygens (including phenoxy) is 2. The van der Waals surface area contributed by atoms with Crippen LogP contribution >= 0.6 is 0 Å². The molecule has 2 N–H and O–H groups in total. The Hall–Kier alpha value is -4.21. The molecule has 1 aliphatic rings. The number of nitrogens with zero attached hydrogens (tertiary/aromatic N) is 5. The molecule has 0 radical (unpaired) electrons. The van der Waals surface area contributed by atoms with Crippen molar-refractivity contribution in [2.75, 3.05) is 19.5 Å². The van der Waals surface area contributed by atoms with Crippen LogP contribution < -0.4 is 20.3 Å². The lowest BCUT2D eigenvalue weighted by Gasteiger charge is -2.29. The summed E-state index contributed by atoms with van der Waals surface area (Å²) in [6.45, 7) is 2.01. The zero-order valence-electron chi connectivity index (χ0n) is 17.1. The number of hydrogen-bond donors (Lipinski definition) is 2.